The van der Waals surface area contributed by atoms with Crippen molar-refractivity contribution in [2.24, 2.45) is 0 Å². The predicted molar refractivity (Wildman–Crippen MR) is 333 cm³/mol. The summed E-state index contributed by atoms with van der Waals surface area (Å²) in [6.45, 7) is 4.96. The zero-order valence-corrected chi connectivity index (χ0v) is 51.5. The number of rotatable bonds is 65. The maximum Gasteiger partial charge on any atom is 0.305 e. The second-order valence-corrected chi connectivity index (χ2v) is 23.9. The molecule has 76 heavy (non-hydrogen) atoms. The van der Waals surface area contributed by atoms with Crippen LogP contribution in [0.2, 0.25) is 0 Å². The van der Waals surface area contributed by atoms with Crippen LogP contribution >= 0.6 is 0 Å². The van der Waals surface area contributed by atoms with Crippen LogP contribution in [-0.2, 0) is 14.3 Å². The molecule has 0 aromatic rings. The van der Waals surface area contributed by atoms with Crippen LogP contribution in [0.1, 0.15) is 386 Å². The average Bonchev–Trinajstić information content (AvgIpc) is 3.42. The smallest absolute Gasteiger partial charge is 0.305 e. The third kappa shape index (κ3) is 61.6. The van der Waals surface area contributed by atoms with Gasteiger partial charge in [-0.2, -0.15) is 0 Å². The van der Waals surface area contributed by atoms with Gasteiger partial charge in [0.05, 0.1) is 25.4 Å². The van der Waals surface area contributed by atoms with Crippen molar-refractivity contribution in [2.45, 2.75) is 398 Å². The van der Waals surface area contributed by atoms with Crippen LogP contribution in [0.15, 0.2) is 24.3 Å². The summed E-state index contributed by atoms with van der Waals surface area (Å²) in [5.74, 6) is -0.0217. The molecule has 0 aliphatic rings. The van der Waals surface area contributed by atoms with E-state index in [1.165, 1.54) is 302 Å². The predicted octanol–water partition coefficient (Wildman–Crippen LogP) is 22.1. The molecule has 0 bridgehead atoms. The molecule has 0 aromatic heterocycles. The SMILES string of the molecule is CCCCC/C=C\C/C=C\CCCCCCCCCC(=O)OCCCCCCCCCCCCCCCCCCCCCCCCCCC(=O)NC(CO)C(O)CCCCCCCCCCCCCCCCCCCC. The lowest BCUT2D eigenvalue weighted by atomic mass is 10.0. The molecule has 0 aliphatic carbocycles. The molecular formula is C70H135NO5. The summed E-state index contributed by atoms with van der Waals surface area (Å²) < 4.78 is 5.50. The van der Waals surface area contributed by atoms with Crippen LogP contribution in [0.25, 0.3) is 0 Å². The van der Waals surface area contributed by atoms with Gasteiger partial charge in [0.1, 0.15) is 0 Å². The van der Waals surface area contributed by atoms with Gasteiger partial charge >= 0.3 is 5.97 Å². The van der Waals surface area contributed by atoms with Crippen molar-refractivity contribution < 1.29 is 24.5 Å². The van der Waals surface area contributed by atoms with Gasteiger partial charge in [0.25, 0.3) is 0 Å². The van der Waals surface area contributed by atoms with E-state index in [0.29, 0.717) is 25.9 Å². The molecule has 0 radical (unpaired) electrons. The van der Waals surface area contributed by atoms with Crippen molar-refractivity contribution in [3.8, 4) is 0 Å². The summed E-state index contributed by atoms with van der Waals surface area (Å²) in [5.41, 5.74) is 0. The van der Waals surface area contributed by atoms with E-state index < -0.39 is 12.1 Å². The largest absolute Gasteiger partial charge is 0.466 e. The fourth-order valence-corrected chi connectivity index (χ4v) is 11.0. The normalized spacial score (nSPS) is 12.6. The van der Waals surface area contributed by atoms with E-state index in [2.05, 4.69) is 43.5 Å². The third-order valence-corrected chi connectivity index (χ3v) is 16.3. The first-order chi connectivity index (χ1) is 37.5. The van der Waals surface area contributed by atoms with Crippen molar-refractivity contribution in [3.63, 3.8) is 0 Å². The molecule has 0 heterocycles. The molecule has 6 heteroatoms. The van der Waals surface area contributed by atoms with Gasteiger partial charge in [-0.15, -0.1) is 0 Å². The zero-order chi connectivity index (χ0) is 55.0. The highest BCUT2D eigenvalue weighted by molar-refractivity contribution is 5.76. The Labute approximate surface area is 475 Å². The molecule has 6 nitrogen and oxygen atoms in total. The lowest BCUT2D eigenvalue weighted by Gasteiger charge is -2.22. The number of unbranched alkanes of at least 4 members (excludes halogenated alkanes) is 50. The molecular weight excluding hydrogens is 935 g/mol. The van der Waals surface area contributed by atoms with Crippen molar-refractivity contribution >= 4 is 11.9 Å². The number of allylic oxidation sites excluding steroid dienone is 4. The molecule has 0 aromatic carbocycles. The van der Waals surface area contributed by atoms with E-state index in [0.717, 1.165) is 51.4 Å². The molecule has 2 atom stereocenters. The van der Waals surface area contributed by atoms with Gasteiger partial charge in [0, 0.05) is 12.8 Å². The number of carbonyl (C=O) groups is 2. The molecule has 1 amide bonds. The second kappa shape index (κ2) is 65.9. The minimum atomic E-state index is -0.664. The van der Waals surface area contributed by atoms with Crippen LogP contribution in [0.5, 0.6) is 0 Å². The fourth-order valence-electron chi connectivity index (χ4n) is 11.0. The van der Waals surface area contributed by atoms with Crippen molar-refractivity contribution in [3.05, 3.63) is 24.3 Å². The first kappa shape index (κ1) is 74.3. The van der Waals surface area contributed by atoms with Crippen LogP contribution in [-0.4, -0.2) is 47.4 Å². The summed E-state index contributed by atoms with van der Waals surface area (Å²) >= 11 is 0. The Bertz CT molecular complexity index is 1190. The molecule has 0 rings (SSSR count). The second-order valence-electron chi connectivity index (χ2n) is 23.9. The number of hydrogen-bond acceptors (Lipinski definition) is 5. The van der Waals surface area contributed by atoms with Gasteiger partial charge in [-0.25, -0.2) is 0 Å². The maximum atomic E-state index is 12.5. The zero-order valence-electron chi connectivity index (χ0n) is 51.5. The van der Waals surface area contributed by atoms with Crippen LogP contribution < -0.4 is 5.32 Å². The Kier molecular flexibility index (Phi) is 64.4. The van der Waals surface area contributed by atoms with Crippen LogP contribution in [0, 0.1) is 0 Å². The summed E-state index contributed by atoms with van der Waals surface area (Å²) in [5, 5.41) is 23.4. The monoisotopic (exact) mass is 1070 g/mol. The van der Waals surface area contributed by atoms with E-state index in [1.54, 1.807) is 0 Å². The van der Waals surface area contributed by atoms with E-state index in [1.807, 2.05) is 0 Å². The first-order valence-corrected chi connectivity index (χ1v) is 34.6. The van der Waals surface area contributed by atoms with E-state index >= 15 is 0 Å². The maximum absolute atomic E-state index is 12.5. The van der Waals surface area contributed by atoms with Gasteiger partial charge < -0.3 is 20.3 Å². The number of carbonyl (C=O) groups excluding carboxylic acids is 2. The fraction of sp³-hybridized carbons (Fsp3) is 0.914. The van der Waals surface area contributed by atoms with Crippen molar-refractivity contribution in [2.75, 3.05) is 13.2 Å². The van der Waals surface area contributed by atoms with Gasteiger partial charge in [-0.3, -0.25) is 9.59 Å². The molecule has 3 N–H and O–H groups in total. The molecule has 0 aliphatic heterocycles. The number of ether oxygens (including phenoxy) is 1. The highest BCUT2D eigenvalue weighted by Gasteiger charge is 2.20. The standard InChI is InChI=1S/C70H135NO5/c1-3-5-7-9-11-13-15-17-19-21-31-34-38-42-46-50-54-58-62-68(73)67(66-72)71-69(74)63-59-55-51-47-43-39-35-32-28-26-24-22-23-25-27-29-33-37-41-45-49-53-57-61-65-76-70(75)64-60-56-52-48-44-40-36-30-20-18-16-14-12-10-8-6-4-2/h12,14,18,20,67-68,72-73H,3-11,13,15-17,19,21-66H2,1-2H3,(H,71,74)/b14-12-,20-18-. The van der Waals surface area contributed by atoms with Crippen LogP contribution in [0.4, 0.5) is 0 Å². The van der Waals surface area contributed by atoms with E-state index in [9.17, 15) is 19.8 Å². The van der Waals surface area contributed by atoms with E-state index in [-0.39, 0.29) is 18.5 Å². The Balaban J connectivity index is 3.36. The van der Waals surface area contributed by atoms with E-state index in [4.69, 9.17) is 4.74 Å². The summed E-state index contributed by atoms with van der Waals surface area (Å²) in [7, 11) is 0. The Morgan fingerprint density at radius 1 is 0.368 bits per heavy atom. The minimum absolute atomic E-state index is 0.00850. The summed E-state index contributed by atoms with van der Waals surface area (Å²) in [6, 6.07) is -0.541. The Hall–Kier alpha value is -1.66. The number of aliphatic hydroxyl groups is 2. The number of hydrogen-bond donors (Lipinski definition) is 3. The average molecular weight is 1070 g/mol. The number of nitrogens with one attached hydrogen (secondary N) is 1. The highest BCUT2D eigenvalue weighted by Crippen LogP contribution is 2.19. The summed E-state index contributed by atoms with van der Waals surface area (Å²) in [6.07, 6.45) is 82.1. The molecule has 450 valence electrons. The van der Waals surface area contributed by atoms with Crippen LogP contribution in [0.3, 0.4) is 0 Å². The number of amides is 1. The van der Waals surface area contributed by atoms with Gasteiger partial charge in [-0.05, 0) is 57.8 Å². The Morgan fingerprint density at radius 2 is 0.658 bits per heavy atom. The number of esters is 1. The molecule has 0 fully saturated rings. The molecule has 2 unspecified atom stereocenters. The lowest BCUT2D eigenvalue weighted by Crippen LogP contribution is -2.45. The van der Waals surface area contributed by atoms with Crippen molar-refractivity contribution in [1.82, 2.24) is 5.32 Å². The van der Waals surface area contributed by atoms with Crippen molar-refractivity contribution in [1.29, 1.82) is 0 Å². The van der Waals surface area contributed by atoms with Gasteiger partial charge in [0.15, 0.2) is 0 Å². The molecule has 0 saturated heterocycles. The van der Waals surface area contributed by atoms with Gasteiger partial charge in [-0.1, -0.05) is 340 Å². The molecule has 0 spiro atoms. The summed E-state index contributed by atoms with van der Waals surface area (Å²) in [4.78, 5) is 24.6. The quantitative estimate of drug-likeness (QED) is 0.0320. The number of aliphatic hydroxyl groups excluding tert-OH is 2. The topological polar surface area (TPSA) is 95.9 Å². The highest BCUT2D eigenvalue weighted by atomic mass is 16.5. The lowest BCUT2D eigenvalue weighted by molar-refractivity contribution is -0.143. The van der Waals surface area contributed by atoms with Gasteiger partial charge in [0.2, 0.25) is 5.91 Å². The minimum Gasteiger partial charge on any atom is -0.466 e. The Morgan fingerprint density at radius 3 is 1.03 bits per heavy atom. The first-order valence-electron chi connectivity index (χ1n) is 34.6. The third-order valence-electron chi connectivity index (χ3n) is 16.3. The molecule has 0 saturated carbocycles.